The predicted molar refractivity (Wildman–Crippen MR) is 98.1 cm³/mol. The fourth-order valence-corrected chi connectivity index (χ4v) is 4.29. The monoisotopic (exact) mass is 367 g/mol. The summed E-state index contributed by atoms with van der Waals surface area (Å²) in [5.74, 6) is -0.387. The van der Waals surface area contributed by atoms with Gasteiger partial charge in [-0.1, -0.05) is 0 Å². The second-order valence-corrected chi connectivity index (χ2v) is 8.05. The van der Waals surface area contributed by atoms with Crippen LogP contribution in [0.15, 0.2) is 0 Å². The maximum atomic E-state index is 12.5. The van der Waals surface area contributed by atoms with E-state index in [1.54, 1.807) is 0 Å². The Morgan fingerprint density at radius 2 is 1.65 bits per heavy atom. The van der Waals surface area contributed by atoms with Gasteiger partial charge in [0, 0.05) is 25.7 Å². The lowest BCUT2D eigenvalue weighted by atomic mass is 9.86. The lowest BCUT2D eigenvalue weighted by Crippen LogP contribution is -2.49. The van der Waals surface area contributed by atoms with Crippen LogP contribution < -0.4 is 10.6 Å². The van der Waals surface area contributed by atoms with Gasteiger partial charge in [-0.2, -0.15) is 0 Å². The summed E-state index contributed by atoms with van der Waals surface area (Å²) in [6.07, 6.45) is 7.48. The first-order chi connectivity index (χ1) is 12.6. The highest BCUT2D eigenvalue weighted by Gasteiger charge is 2.29. The molecule has 0 radical (unpaired) electrons. The van der Waals surface area contributed by atoms with Crippen LogP contribution >= 0.6 is 0 Å². The summed E-state index contributed by atoms with van der Waals surface area (Å²) in [4.78, 5) is 25.4. The van der Waals surface area contributed by atoms with Crippen molar-refractivity contribution in [3.8, 4) is 0 Å². The van der Waals surface area contributed by atoms with Gasteiger partial charge in [0.1, 0.15) is 0 Å². The number of amides is 2. The standard InChI is InChI=1S/C19H33N3O4/c23-18(24)15-1-3-16(4-2-15)21-19(25)22-11-7-14(8-12-22)13-26-17-5-9-20-10-6-17/h14-17,20H,1-13H2,(H,21,25)(H,23,24). The summed E-state index contributed by atoms with van der Waals surface area (Å²) in [5.41, 5.74) is 0. The molecule has 7 heteroatoms. The van der Waals surface area contributed by atoms with Gasteiger partial charge in [-0.05, 0) is 70.4 Å². The summed E-state index contributed by atoms with van der Waals surface area (Å²) in [6.45, 7) is 4.50. The second-order valence-electron chi connectivity index (χ2n) is 8.05. The number of carbonyl (C=O) groups excluding carboxylic acids is 1. The van der Waals surface area contributed by atoms with E-state index >= 15 is 0 Å². The number of rotatable bonds is 5. The highest BCUT2D eigenvalue weighted by molar-refractivity contribution is 5.74. The van der Waals surface area contributed by atoms with Crippen molar-refractivity contribution < 1.29 is 19.4 Å². The number of aliphatic carboxylic acids is 1. The van der Waals surface area contributed by atoms with E-state index in [2.05, 4.69) is 10.6 Å². The molecule has 0 aromatic rings. The summed E-state index contributed by atoms with van der Waals surface area (Å²) in [6, 6.07) is 0.139. The predicted octanol–water partition coefficient (Wildman–Crippen LogP) is 1.82. The topological polar surface area (TPSA) is 90.9 Å². The van der Waals surface area contributed by atoms with Crippen molar-refractivity contribution in [1.29, 1.82) is 0 Å². The molecule has 3 N–H and O–H groups in total. The highest BCUT2D eigenvalue weighted by atomic mass is 16.5. The van der Waals surface area contributed by atoms with E-state index in [4.69, 9.17) is 9.84 Å². The lowest BCUT2D eigenvalue weighted by Gasteiger charge is -2.35. The number of piperidine rings is 2. The Kier molecular flexibility index (Phi) is 7.14. The normalized spacial score (nSPS) is 28.7. The fraction of sp³-hybridized carbons (Fsp3) is 0.895. The van der Waals surface area contributed by atoms with E-state index in [1.165, 1.54) is 0 Å². The molecule has 0 unspecified atom stereocenters. The number of nitrogens with one attached hydrogen (secondary N) is 2. The van der Waals surface area contributed by atoms with Crippen molar-refractivity contribution in [1.82, 2.24) is 15.5 Å². The molecule has 2 aliphatic heterocycles. The zero-order chi connectivity index (χ0) is 18.4. The van der Waals surface area contributed by atoms with Gasteiger partial charge in [0.25, 0.3) is 0 Å². The van der Waals surface area contributed by atoms with Crippen LogP contribution in [0.4, 0.5) is 4.79 Å². The first-order valence-electron chi connectivity index (χ1n) is 10.2. The molecule has 3 fully saturated rings. The number of carboxylic acid groups (broad SMARTS) is 1. The molecule has 3 aliphatic rings. The van der Waals surface area contributed by atoms with Gasteiger partial charge in [0.05, 0.1) is 12.0 Å². The quantitative estimate of drug-likeness (QED) is 0.689. The van der Waals surface area contributed by atoms with Crippen LogP contribution in [0.5, 0.6) is 0 Å². The van der Waals surface area contributed by atoms with Crippen LogP contribution in [0.1, 0.15) is 51.4 Å². The van der Waals surface area contributed by atoms with Gasteiger partial charge in [0.15, 0.2) is 0 Å². The van der Waals surface area contributed by atoms with Crippen LogP contribution in [-0.2, 0) is 9.53 Å². The van der Waals surface area contributed by atoms with E-state index < -0.39 is 5.97 Å². The maximum absolute atomic E-state index is 12.5. The molecule has 1 saturated carbocycles. The summed E-state index contributed by atoms with van der Waals surface area (Å²) >= 11 is 0. The van der Waals surface area contributed by atoms with E-state index in [-0.39, 0.29) is 18.0 Å². The number of carboxylic acids is 1. The summed E-state index contributed by atoms with van der Waals surface area (Å²) in [5, 5.41) is 15.5. The molecule has 0 bridgehead atoms. The van der Waals surface area contributed by atoms with Gasteiger partial charge in [-0.15, -0.1) is 0 Å². The maximum Gasteiger partial charge on any atom is 0.317 e. The molecule has 2 heterocycles. The van der Waals surface area contributed by atoms with Gasteiger partial charge >= 0.3 is 12.0 Å². The summed E-state index contributed by atoms with van der Waals surface area (Å²) < 4.78 is 6.06. The molecule has 2 amide bonds. The van der Waals surface area contributed by atoms with Crippen molar-refractivity contribution in [2.45, 2.75) is 63.5 Å². The molecular weight excluding hydrogens is 334 g/mol. The second kappa shape index (κ2) is 9.55. The number of urea groups is 1. The Labute approximate surface area is 155 Å². The van der Waals surface area contributed by atoms with Crippen LogP contribution in [-0.4, -0.2) is 66.9 Å². The van der Waals surface area contributed by atoms with Gasteiger partial charge in [-0.3, -0.25) is 4.79 Å². The molecule has 7 nitrogen and oxygen atoms in total. The minimum Gasteiger partial charge on any atom is -0.481 e. The van der Waals surface area contributed by atoms with E-state index in [1.807, 2.05) is 4.90 Å². The largest absolute Gasteiger partial charge is 0.481 e. The van der Waals surface area contributed by atoms with Crippen molar-refractivity contribution in [3.05, 3.63) is 0 Å². The average Bonchev–Trinajstić information content (AvgIpc) is 2.68. The van der Waals surface area contributed by atoms with Gasteiger partial charge in [-0.25, -0.2) is 4.79 Å². The third-order valence-corrected chi connectivity index (χ3v) is 6.16. The number of carbonyl (C=O) groups is 2. The molecule has 0 spiro atoms. The Balaban J connectivity index is 1.31. The SMILES string of the molecule is O=C(O)C1CCC(NC(=O)N2CCC(COC3CCNCC3)CC2)CC1. The van der Waals surface area contributed by atoms with Crippen LogP contribution in [0.25, 0.3) is 0 Å². The van der Waals surface area contributed by atoms with Crippen LogP contribution in [0.3, 0.4) is 0 Å². The molecule has 0 atom stereocenters. The molecule has 3 rings (SSSR count). The Bertz CT molecular complexity index is 465. The zero-order valence-corrected chi connectivity index (χ0v) is 15.6. The Hall–Kier alpha value is -1.34. The van der Waals surface area contributed by atoms with Crippen molar-refractivity contribution in [2.75, 3.05) is 32.8 Å². The molecular formula is C19H33N3O4. The fourth-order valence-electron chi connectivity index (χ4n) is 4.29. The number of hydrogen-bond donors (Lipinski definition) is 3. The lowest BCUT2D eigenvalue weighted by molar-refractivity contribution is -0.142. The van der Waals surface area contributed by atoms with E-state index in [0.29, 0.717) is 24.9 Å². The molecule has 0 aromatic heterocycles. The summed E-state index contributed by atoms with van der Waals surface area (Å²) in [7, 11) is 0. The first kappa shape index (κ1) is 19.4. The molecule has 2 saturated heterocycles. The Morgan fingerprint density at radius 1 is 1.00 bits per heavy atom. The van der Waals surface area contributed by atoms with Crippen LogP contribution in [0.2, 0.25) is 0 Å². The number of likely N-dealkylation sites (tertiary alicyclic amines) is 1. The first-order valence-corrected chi connectivity index (χ1v) is 10.2. The molecule has 1 aliphatic carbocycles. The molecule has 0 aromatic carbocycles. The zero-order valence-electron chi connectivity index (χ0n) is 15.6. The van der Waals surface area contributed by atoms with Crippen molar-refractivity contribution in [3.63, 3.8) is 0 Å². The average molecular weight is 367 g/mol. The van der Waals surface area contributed by atoms with E-state index in [9.17, 15) is 9.59 Å². The van der Waals surface area contributed by atoms with Gasteiger partial charge in [0.2, 0.25) is 0 Å². The highest BCUT2D eigenvalue weighted by Crippen LogP contribution is 2.25. The Morgan fingerprint density at radius 3 is 2.27 bits per heavy atom. The number of nitrogens with zero attached hydrogens (tertiary/aromatic N) is 1. The van der Waals surface area contributed by atoms with Crippen molar-refractivity contribution in [2.24, 2.45) is 11.8 Å². The van der Waals surface area contributed by atoms with Gasteiger partial charge < -0.3 is 25.4 Å². The minimum absolute atomic E-state index is 0.0153. The van der Waals surface area contributed by atoms with E-state index in [0.717, 1.165) is 71.3 Å². The third kappa shape index (κ3) is 5.58. The molecule has 148 valence electrons. The smallest absolute Gasteiger partial charge is 0.317 e. The minimum atomic E-state index is -0.705. The molecule has 26 heavy (non-hydrogen) atoms. The number of ether oxygens (including phenoxy) is 1. The third-order valence-electron chi connectivity index (χ3n) is 6.16. The van der Waals surface area contributed by atoms with Crippen LogP contribution in [0, 0.1) is 11.8 Å². The van der Waals surface area contributed by atoms with Crippen molar-refractivity contribution >= 4 is 12.0 Å². The number of hydrogen-bond acceptors (Lipinski definition) is 4.